The lowest BCUT2D eigenvalue weighted by atomic mass is 10.0. The first kappa shape index (κ1) is 13.9. The number of rotatable bonds is 3. The third-order valence-electron chi connectivity index (χ3n) is 3.75. The summed E-state index contributed by atoms with van der Waals surface area (Å²) >= 11 is 0. The Labute approximate surface area is 122 Å². The van der Waals surface area contributed by atoms with Crippen LogP contribution < -0.4 is 10.2 Å². The lowest BCUT2D eigenvalue weighted by Crippen LogP contribution is -2.46. The van der Waals surface area contributed by atoms with Crippen LogP contribution in [-0.2, 0) is 0 Å². The van der Waals surface area contributed by atoms with Gasteiger partial charge in [0.05, 0.1) is 6.04 Å². The number of anilines is 1. The fourth-order valence-electron chi connectivity index (χ4n) is 2.72. The molecule has 0 amide bonds. The first-order valence-corrected chi connectivity index (χ1v) is 7.02. The van der Waals surface area contributed by atoms with Gasteiger partial charge in [0.1, 0.15) is 5.69 Å². The maximum Gasteiger partial charge on any atom is 0.280 e. The van der Waals surface area contributed by atoms with Crippen LogP contribution in [0.25, 0.3) is 0 Å². The summed E-state index contributed by atoms with van der Waals surface area (Å²) in [6, 6.07) is 13.6. The molecule has 0 bridgehead atoms. The smallest absolute Gasteiger partial charge is 0.280 e. The highest BCUT2D eigenvalue weighted by atomic mass is 19.3. The van der Waals surface area contributed by atoms with E-state index in [1.54, 1.807) is 6.07 Å². The largest absolute Gasteiger partial charge is 0.362 e. The monoisotopic (exact) mass is 289 g/mol. The summed E-state index contributed by atoms with van der Waals surface area (Å²) in [5, 5.41) is 3.36. The van der Waals surface area contributed by atoms with Crippen LogP contribution in [0.5, 0.6) is 0 Å². The summed E-state index contributed by atoms with van der Waals surface area (Å²) in [5.41, 5.74) is 1.81. The van der Waals surface area contributed by atoms with Crippen molar-refractivity contribution in [3.05, 3.63) is 59.9 Å². The molecule has 21 heavy (non-hydrogen) atoms. The maximum absolute atomic E-state index is 12.8. The van der Waals surface area contributed by atoms with Gasteiger partial charge in [0, 0.05) is 31.5 Å². The van der Waals surface area contributed by atoms with Crippen molar-refractivity contribution in [3.63, 3.8) is 0 Å². The summed E-state index contributed by atoms with van der Waals surface area (Å²) in [7, 11) is 0. The molecule has 3 rings (SSSR count). The van der Waals surface area contributed by atoms with Crippen molar-refractivity contribution in [3.8, 4) is 0 Å². The van der Waals surface area contributed by atoms with E-state index in [-0.39, 0.29) is 11.7 Å². The van der Waals surface area contributed by atoms with Gasteiger partial charge in [0.15, 0.2) is 0 Å². The molecule has 5 heteroatoms. The Hall–Kier alpha value is -2.01. The van der Waals surface area contributed by atoms with E-state index in [0.717, 1.165) is 25.3 Å². The highest BCUT2D eigenvalue weighted by molar-refractivity contribution is 5.50. The zero-order valence-electron chi connectivity index (χ0n) is 11.5. The molecular weight excluding hydrogens is 272 g/mol. The Morgan fingerprint density at radius 1 is 1.19 bits per heavy atom. The fourth-order valence-corrected chi connectivity index (χ4v) is 2.72. The molecule has 2 aromatic rings. The standard InChI is InChI=1S/C16H17F2N3/c17-16(18)14-10-13(6-7-20-14)21-9-8-19-11-15(21)12-4-2-1-3-5-12/h1-7,10,15-16,19H,8-9,11H2. The van der Waals surface area contributed by atoms with Crippen LogP contribution in [0, 0.1) is 0 Å². The van der Waals surface area contributed by atoms with E-state index in [2.05, 4.69) is 27.3 Å². The second-order valence-electron chi connectivity index (χ2n) is 5.06. The SMILES string of the molecule is FC(F)c1cc(N2CCNCC2c2ccccc2)ccn1. The van der Waals surface area contributed by atoms with Gasteiger partial charge in [-0.1, -0.05) is 30.3 Å². The third-order valence-corrected chi connectivity index (χ3v) is 3.75. The molecule has 0 saturated carbocycles. The maximum atomic E-state index is 12.8. The first-order valence-electron chi connectivity index (χ1n) is 7.02. The Morgan fingerprint density at radius 3 is 2.76 bits per heavy atom. The minimum atomic E-state index is -2.54. The van der Waals surface area contributed by atoms with Crippen LogP contribution in [0.4, 0.5) is 14.5 Å². The molecule has 0 spiro atoms. The number of nitrogens with zero attached hydrogens (tertiary/aromatic N) is 2. The second kappa shape index (κ2) is 6.18. The average molecular weight is 289 g/mol. The van der Waals surface area contributed by atoms with Crippen molar-refractivity contribution in [1.29, 1.82) is 0 Å². The van der Waals surface area contributed by atoms with E-state index in [4.69, 9.17) is 0 Å². The molecule has 1 N–H and O–H groups in total. The molecule has 1 atom stereocenters. The molecule has 1 fully saturated rings. The summed E-state index contributed by atoms with van der Waals surface area (Å²) < 4.78 is 25.7. The first-order chi connectivity index (χ1) is 10.3. The Kier molecular flexibility index (Phi) is 4.10. The third kappa shape index (κ3) is 3.03. The number of nitrogens with one attached hydrogen (secondary N) is 1. The van der Waals surface area contributed by atoms with Crippen molar-refractivity contribution in [2.75, 3.05) is 24.5 Å². The number of aromatic nitrogens is 1. The average Bonchev–Trinajstić information content (AvgIpc) is 2.56. The quantitative estimate of drug-likeness (QED) is 0.940. The van der Waals surface area contributed by atoms with Crippen molar-refractivity contribution in [1.82, 2.24) is 10.3 Å². The van der Waals surface area contributed by atoms with Crippen LogP contribution in [0.3, 0.4) is 0 Å². The molecule has 1 unspecified atom stereocenters. The molecule has 3 nitrogen and oxygen atoms in total. The Morgan fingerprint density at radius 2 is 2.00 bits per heavy atom. The predicted molar refractivity (Wildman–Crippen MR) is 78.6 cm³/mol. The molecule has 2 heterocycles. The van der Waals surface area contributed by atoms with Crippen LogP contribution in [0.1, 0.15) is 23.7 Å². The van der Waals surface area contributed by atoms with Crippen LogP contribution in [0.15, 0.2) is 48.7 Å². The van der Waals surface area contributed by atoms with Gasteiger partial charge in [-0.25, -0.2) is 8.78 Å². The van der Waals surface area contributed by atoms with Gasteiger partial charge in [-0.2, -0.15) is 0 Å². The molecule has 0 radical (unpaired) electrons. The number of hydrogen-bond acceptors (Lipinski definition) is 3. The van der Waals surface area contributed by atoms with Crippen molar-refractivity contribution < 1.29 is 8.78 Å². The number of alkyl halides is 2. The van der Waals surface area contributed by atoms with E-state index in [9.17, 15) is 8.78 Å². The number of pyridine rings is 1. The van der Waals surface area contributed by atoms with E-state index in [1.165, 1.54) is 17.8 Å². The molecule has 1 aliphatic heterocycles. The Balaban J connectivity index is 1.93. The molecule has 1 saturated heterocycles. The molecular formula is C16H17F2N3. The van der Waals surface area contributed by atoms with Gasteiger partial charge in [-0.15, -0.1) is 0 Å². The van der Waals surface area contributed by atoms with Crippen LogP contribution >= 0.6 is 0 Å². The summed E-state index contributed by atoms with van der Waals surface area (Å²) in [6.07, 6.45) is -1.08. The summed E-state index contributed by atoms with van der Waals surface area (Å²) in [6.45, 7) is 2.43. The highest BCUT2D eigenvalue weighted by Crippen LogP contribution is 2.30. The lowest BCUT2D eigenvalue weighted by molar-refractivity contribution is 0.146. The molecule has 0 aliphatic carbocycles. The lowest BCUT2D eigenvalue weighted by Gasteiger charge is -2.38. The van der Waals surface area contributed by atoms with Crippen molar-refractivity contribution in [2.45, 2.75) is 12.5 Å². The fraction of sp³-hybridized carbons (Fsp3) is 0.312. The van der Waals surface area contributed by atoms with E-state index >= 15 is 0 Å². The number of piperazine rings is 1. The minimum absolute atomic E-state index is 0.146. The highest BCUT2D eigenvalue weighted by Gasteiger charge is 2.24. The Bertz CT molecular complexity index is 589. The van der Waals surface area contributed by atoms with E-state index in [1.807, 2.05) is 18.2 Å². The molecule has 110 valence electrons. The topological polar surface area (TPSA) is 28.2 Å². The molecule has 1 aromatic heterocycles. The van der Waals surface area contributed by atoms with Gasteiger partial charge in [-0.3, -0.25) is 4.98 Å². The molecule has 1 aromatic carbocycles. The number of hydrogen-bond donors (Lipinski definition) is 1. The van der Waals surface area contributed by atoms with Gasteiger partial charge < -0.3 is 10.2 Å². The normalized spacial score (nSPS) is 19.0. The van der Waals surface area contributed by atoms with Crippen LogP contribution in [-0.4, -0.2) is 24.6 Å². The van der Waals surface area contributed by atoms with Crippen molar-refractivity contribution in [2.24, 2.45) is 0 Å². The summed E-state index contributed by atoms with van der Waals surface area (Å²) in [5.74, 6) is 0. The van der Waals surface area contributed by atoms with Gasteiger partial charge in [0.2, 0.25) is 0 Å². The zero-order chi connectivity index (χ0) is 14.7. The van der Waals surface area contributed by atoms with Gasteiger partial charge >= 0.3 is 0 Å². The molecule has 1 aliphatic rings. The number of benzene rings is 1. The van der Waals surface area contributed by atoms with Gasteiger partial charge in [0.25, 0.3) is 6.43 Å². The van der Waals surface area contributed by atoms with Crippen LogP contribution in [0.2, 0.25) is 0 Å². The summed E-state index contributed by atoms with van der Waals surface area (Å²) in [4.78, 5) is 5.91. The van der Waals surface area contributed by atoms with Gasteiger partial charge in [-0.05, 0) is 17.7 Å². The number of halogens is 2. The van der Waals surface area contributed by atoms with E-state index in [0.29, 0.717) is 0 Å². The van der Waals surface area contributed by atoms with Crippen molar-refractivity contribution >= 4 is 5.69 Å². The second-order valence-corrected chi connectivity index (χ2v) is 5.06. The van der Waals surface area contributed by atoms with E-state index < -0.39 is 6.43 Å². The predicted octanol–water partition coefficient (Wildman–Crippen LogP) is 3.17. The minimum Gasteiger partial charge on any atom is -0.362 e. The zero-order valence-corrected chi connectivity index (χ0v) is 11.5.